The van der Waals surface area contributed by atoms with Crippen molar-refractivity contribution in [3.05, 3.63) is 77.4 Å². The number of fused-ring (bicyclic) bond motifs is 1. The molecule has 1 aliphatic carbocycles. The predicted molar refractivity (Wildman–Crippen MR) is 112 cm³/mol. The number of Topliss-reactive ketones (excluding diaryl/α,β-unsaturated/α-hetero) is 1. The van der Waals surface area contributed by atoms with Crippen molar-refractivity contribution in [2.75, 3.05) is 12.9 Å². The van der Waals surface area contributed by atoms with Gasteiger partial charge in [0.2, 0.25) is 0 Å². The molecule has 2 aromatic carbocycles. The molecule has 144 valence electrons. The largest absolute Gasteiger partial charge is 0.493 e. The number of carbonyl (C=O) groups excluding carboxylic acids is 1. The molecule has 4 rings (SSSR count). The molecular weight excluding hydrogens is 368 g/mol. The van der Waals surface area contributed by atoms with Gasteiger partial charge < -0.3 is 9.72 Å². The minimum atomic E-state index is 0.0679. The lowest BCUT2D eigenvalue weighted by atomic mass is 9.79. The Morgan fingerprint density at radius 2 is 2.07 bits per heavy atom. The van der Waals surface area contributed by atoms with Crippen LogP contribution >= 0.6 is 11.8 Å². The second-order valence-electron chi connectivity index (χ2n) is 7.11. The topological polar surface area (TPSA) is 55.0 Å². The number of hydrogen-bond donors (Lipinski definition) is 1. The molecule has 4 nitrogen and oxygen atoms in total. The molecule has 28 heavy (non-hydrogen) atoms. The van der Waals surface area contributed by atoms with Gasteiger partial charge in [-0.1, -0.05) is 12.1 Å². The number of nitrogens with zero attached hydrogens (tertiary/aromatic N) is 1. The average Bonchev–Trinajstić information content (AvgIpc) is 3.24. The Morgan fingerprint density at radius 1 is 1.21 bits per heavy atom. The number of carbonyl (C=O) groups is 1. The number of imidazole rings is 1. The van der Waals surface area contributed by atoms with E-state index in [0.717, 1.165) is 48.4 Å². The van der Waals surface area contributed by atoms with Crippen LogP contribution in [0.15, 0.2) is 59.8 Å². The molecule has 0 spiro atoms. The summed E-state index contributed by atoms with van der Waals surface area (Å²) in [6.07, 6.45) is 9.00. The second kappa shape index (κ2) is 8.65. The van der Waals surface area contributed by atoms with E-state index in [9.17, 15) is 4.79 Å². The molecule has 0 saturated heterocycles. The van der Waals surface area contributed by atoms with Crippen molar-refractivity contribution in [2.24, 2.45) is 5.92 Å². The van der Waals surface area contributed by atoms with E-state index in [0.29, 0.717) is 6.61 Å². The van der Waals surface area contributed by atoms with E-state index in [2.05, 4.69) is 40.5 Å². The fourth-order valence-electron chi connectivity index (χ4n) is 3.73. The molecule has 5 heteroatoms. The normalized spacial score (nSPS) is 16.0. The maximum Gasteiger partial charge on any atom is 0.166 e. The summed E-state index contributed by atoms with van der Waals surface area (Å²) in [5.74, 6) is 2.07. The zero-order chi connectivity index (χ0) is 19.3. The first kappa shape index (κ1) is 18.8. The molecule has 0 saturated carbocycles. The molecule has 0 amide bonds. The number of benzene rings is 2. The quantitative estimate of drug-likeness (QED) is 0.590. The maximum atomic E-state index is 13.0. The van der Waals surface area contributed by atoms with Gasteiger partial charge in [-0.2, -0.15) is 0 Å². The molecule has 1 unspecified atom stereocenters. The number of nitrogens with one attached hydrogen (secondary N) is 1. The first-order valence-corrected chi connectivity index (χ1v) is 10.9. The number of aromatic nitrogens is 2. The summed E-state index contributed by atoms with van der Waals surface area (Å²) in [7, 11) is 0. The van der Waals surface area contributed by atoms with Gasteiger partial charge in [0.05, 0.1) is 6.61 Å². The average molecular weight is 393 g/mol. The smallest absolute Gasteiger partial charge is 0.166 e. The summed E-state index contributed by atoms with van der Waals surface area (Å²) >= 11 is 1.74. The third-order valence-corrected chi connectivity index (χ3v) is 6.02. The molecule has 0 radical (unpaired) electrons. The first-order chi connectivity index (χ1) is 13.7. The van der Waals surface area contributed by atoms with Crippen molar-refractivity contribution in [1.82, 2.24) is 9.97 Å². The predicted octanol–water partition coefficient (Wildman–Crippen LogP) is 4.74. The Balaban J connectivity index is 1.38. The van der Waals surface area contributed by atoms with Crippen LogP contribution < -0.4 is 4.74 Å². The third kappa shape index (κ3) is 4.30. The number of H-pyrrole nitrogens is 1. The van der Waals surface area contributed by atoms with E-state index in [4.69, 9.17) is 4.74 Å². The Hall–Kier alpha value is -2.53. The monoisotopic (exact) mass is 392 g/mol. The number of ether oxygens (including phenoxy) is 1. The minimum absolute atomic E-state index is 0.0679. The molecule has 1 N–H and O–H groups in total. The minimum Gasteiger partial charge on any atom is -0.493 e. The number of aromatic amines is 1. The van der Waals surface area contributed by atoms with Crippen LogP contribution in [0.2, 0.25) is 0 Å². The van der Waals surface area contributed by atoms with E-state index in [1.165, 1.54) is 10.5 Å². The van der Waals surface area contributed by atoms with Crippen molar-refractivity contribution in [1.29, 1.82) is 0 Å². The Bertz CT molecular complexity index is 936. The van der Waals surface area contributed by atoms with Gasteiger partial charge in [-0.05, 0) is 67.0 Å². The Kier molecular flexibility index (Phi) is 5.81. The van der Waals surface area contributed by atoms with Crippen molar-refractivity contribution < 1.29 is 9.53 Å². The number of aryl methyl sites for hydroxylation is 1. The van der Waals surface area contributed by atoms with Crippen LogP contribution in [-0.2, 0) is 19.3 Å². The molecule has 1 aromatic heterocycles. The van der Waals surface area contributed by atoms with Crippen LogP contribution in [0.4, 0.5) is 0 Å². The molecule has 1 heterocycles. The highest BCUT2D eigenvalue weighted by Crippen LogP contribution is 2.31. The lowest BCUT2D eigenvalue weighted by molar-refractivity contribution is 0.0901. The highest BCUT2D eigenvalue weighted by molar-refractivity contribution is 7.98. The van der Waals surface area contributed by atoms with Gasteiger partial charge in [0.25, 0.3) is 0 Å². The highest BCUT2D eigenvalue weighted by atomic mass is 32.2. The number of hydrogen-bond acceptors (Lipinski definition) is 4. The number of rotatable bonds is 7. The van der Waals surface area contributed by atoms with Gasteiger partial charge in [0.1, 0.15) is 11.6 Å². The molecular formula is C23H24N2O2S. The van der Waals surface area contributed by atoms with E-state index in [-0.39, 0.29) is 11.7 Å². The van der Waals surface area contributed by atoms with Crippen LogP contribution in [0.3, 0.4) is 0 Å². The van der Waals surface area contributed by atoms with Crippen LogP contribution in [0.25, 0.3) is 0 Å². The lowest BCUT2D eigenvalue weighted by Crippen LogP contribution is -2.24. The molecule has 1 aliphatic rings. The van der Waals surface area contributed by atoms with Crippen molar-refractivity contribution in [2.45, 2.75) is 30.6 Å². The summed E-state index contributed by atoms with van der Waals surface area (Å²) in [5, 5.41) is 0. The van der Waals surface area contributed by atoms with Gasteiger partial charge in [-0.3, -0.25) is 4.79 Å². The molecule has 0 bridgehead atoms. The van der Waals surface area contributed by atoms with Crippen LogP contribution in [0, 0.1) is 5.92 Å². The van der Waals surface area contributed by atoms with E-state index >= 15 is 0 Å². The standard InChI is InChI=1S/C23H24N2O2S/c1-28-20-7-2-16(3-8-20)14-18-5-4-17-15-19(6-9-21(17)23(18)26)27-13-10-22-24-11-12-25-22/h2-3,6-9,11-12,15,18H,4-5,10,13-14H2,1H3,(H,24,25). The van der Waals surface area contributed by atoms with Gasteiger partial charge in [-0.25, -0.2) is 4.98 Å². The van der Waals surface area contributed by atoms with Crippen molar-refractivity contribution in [3.63, 3.8) is 0 Å². The lowest BCUT2D eigenvalue weighted by Gasteiger charge is -2.24. The fraction of sp³-hybridized carbons (Fsp3) is 0.304. The fourth-order valence-corrected chi connectivity index (χ4v) is 4.14. The number of ketones is 1. The SMILES string of the molecule is CSc1ccc(CC2CCc3cc(OCCc4ncc[nH]4)ccc3C2=O)cc1. The van der Waals surface area contributed by atoms with Crippen molar-refractivity contribution >= 4 is 17.5 Å². The van der Waals surface area contributed by atoms with Gasteiger partial charge >= 0.3 is 0 Å². The summed E-state index contributed by atoms with van der Waals surface area (Å²) < 4.78 is 5.85. The summed E-state index contributed by atoms with van der Waals surface area (Å²) in [4.78, 5) is 21.5. The Labute approximate surface area is 169 Å². The van der Waals surface area contributed by atoms with Crippen LogP contribution in [-0.4, -0.2) is 28.6 Å². The summed E-state index contributed by atoms with van der Waals surface area (Å²) in [6, 6.07) is 14.4. The molecule has 1 atom stereocenters. The van der Waals surface area contributed by atoms with Gasteiger partial charge in [-0.15, -0.1) is 11.8 Å². The van der Waals surface area contributed by atoms with E-state index in [1.54, 1.807) is 18.0 Å². The zero-order valence-corrected chi connectivity index (χ0v) is 16.8. The zero-order valence-electron chi connectivity index (χ0n) is 16.0. The van der Waals surface area contributed by atoms with Gasteiger partial charge in [0, 0.05) is 35.2 Å². The second-order valence-corrected chi connectivity index (χ2v) is 7.98. The molecule has 0 aliphatic heterocycles. The molecule has 3 aromatic rings. The van der Waals surface area contributed by atoms with E-state index in [1.807, 2.05) is 24.4 Å². The van der Waals surface area contributed by atoms with Crippen LogP contribution in [0.1, 0.15) is 33.7 Å². The maximum absolute atomic E-state index is 13.0. The summed E-state index contributed by atoms with van der Waals surface area (Å²) in [6.45, 7) is 0.564. The van der Waals surface area contributed by atoms with Crippen molar-refractivity contribution in [3.8, 4) is 5.75 Å². The third-order valence-electron chi connectivity index (χ3n) is 5.28. The molecule has 0 fully saturated rings. The number of thioether (sulfide) groups is 1. The van der Waals surface area contributed by atoms with Gasteiger partial charge in [0.15, 0.2) is 5.78 Å². The van der Waals surface area contributed by atoms with E-state index < -0.39 is 0 Å². The summed E-state index contributed by atoms with van der Waals surface area (Å²) in [5.41, 5.74) is 3.20. The van der Waals surface area contributed by atoms with Crippen LogP contribution in [0.5, 0.6) is 5.75 Å². The first-order valence-electron chi connectivity index (χ1n) is 9.64. The Morgan fingerprint density at radius 3 is 2.82 bits per heavy atom. The highest BCUT2D eigenvalue weighted by Gasteiger charge is 2.27.